The van der Waals surface area contributed by atoms with Crippen molar-refractivity contribution in [1.82, 2.24) is 14.5 Å². The molecular weight excluding hydrogens is 440 g/mol. The van der Waals surface area contributed by atoms with E-state index in [1.807, 2.05) is 48.9 Å². The summed E-state index contributed by atoms with van der Waals surface area (Å²) in [6, 6.07) is 15.0. The lowest BCUT2D eigenvalue weighted by Gasteiger charge is -2.20. The predicted octanol–water partition coefficient (Wildman–Crippen LogP) is 4.86. The van der Waals surface area contributed by atoms with Crippen molar-refractivity contribution in [3.05, 3.63) is 88.4 Å². The minimum absolute atomic E-state index is 0.130. The first kappa shape index (κ1) is 22.2. The van der Waals surface area contributed by atoms with Crippen LogP contribution in [-0.4, -0.2) is 27.6 Å². The summed E-state index contributed by atoms with van der Waals surface area (Å²) < 4.78 is 7.37. The van der Waals surface area contributed by atoms with Gasteiger partial charge in [-0.25, -0.2) is 4.98 Å². The Balaban J connectivity index is 1.45. The van der Waals surface area contributed by atoms with Crippen LogP contribution in [0.5, 0.6) is 5.75 Å². The number of aryl methyl sites for hydroxylation is 3. The molecule has 0 aliphatic carbocycles. The fourth-order valence-corrected chi connectivity index (χ4v) is 4.40. The fraction of sp³-hybridized carbons (Fsp3) is 0.185. The predicted molar refractivity (Wildman–Crippen MR) is 134 cm³/mol. The molecule has 8 nitrogen and oxygen atoms in total. The van der Waals surface area contributed by atoms with Crippen molar-refractivity contribution in [2.45, 2.75) is 26.7 Å². The van der Waals surface area contributed by atoms with Crippen LogP contribution < -0.4 is 15.4 Å². The van der Waals surface area contributed by atoms with Gasteiger partial charge in [0.2, 0.25) is 5.95 Å². The molecule has 0 saturated carbocycles. The molecule has 35 heavy (non-hydrogen) atoms. The number of hydrogen-bond acceptors (Lipinski definition) is 6. The standard InChI is InChI=1S/C27H24N6O2/c1-16-5-4-6-17(2)24(16)31-26(34)20-11-12-33-22(20)10-8-19-15-29-27(32-25(19)33)30-21-9-7-18(14-28)13-23(21)35-3/h4-7,9,11-13,15H,8,10H2,1-3H3,(H,31,34)(H,29,30,32). The second-order valence-electron chi connectivity index (χ2n) is 8.46. The van der Waals surface area contributed by atoms with Gasteiger partial charge in [-0.3, -0.25) is 4.79 Å². The van der Waals surface area contributed by atoms with E-state index in [1.54, 1.807) is 31.5 Å². The number of fused-ring (bicyclic) bond motifs is 3. The highest BCUT2D eigenvalue weighted by atomic mass is 16.5. The molecule has 0 saturated heterocycles. The van der Waals surface area contributed by atoms with Crippen molar-refractivity contribution in [3.8, 4) is 17.6 Å². The number of methoxy groups -OCH3 is 1. The third-order valence-corrected chi connectivity index (χ3v) is 6.23. The number of ether oxygens (including phenoxy) is 1. The lowest BCUT2D eigenvalue weighted by atomic mass is 10.0. The van der Waals surface area contributed by atoms with Crippen molar-refractivity contribution in [3.63, 3.8) is 0 Å². The number of carbonyl (C=O) groups excluding carboxylic acids is 1. The molecule has 2 N–H and O–H groups in total. The first-order valence-electron chi connectivity index (χ1n) is 11.3. The van der Waals surface area contributed by atoms with Crippen LogP contribution in [-0.2, 0) is 12.8 Å². The lowest BCUT2D eigenvalue weighted by Crippen LogP contribution is -2.20. The molecular formula is C27H24N6O2. The Morgan fingerprint density at radius 1 is 1.14 bits per heavy atom. The van der Waals surface area contributed by atoms with Gasteiger partial charge in [0.05, 0.1) is 30.0 Å². The SMILES string of the molecule is COc1cc(C#N)ccc1Nc1ncc2c(n1)-n1ccc(C(=O)Nc3c(C)cccc3C)c1CC2. The Morgan fingerprint density at radius 3 is 2.69 bits per heavy atom. The van der Waals surface area contributed by atoms with Crippen molar-refractivity contribution >= 4 is 23.2 Å². The summed E-state index contributed by atoms with van der Waals surface area (Å²) in [6.45, 7) is 3.98. The first-order chi connectivity index (χ1) is 17.0. The maximum absolute atomic E-state index is 13.2. The van der Waals surface area contributed by atoms with E-state index in [0.717, 1.165) is 46.7 Å². The molecule has 0 atom stereocenters. The van der Waals surface area contributed by atoms with Gasteiger partial charge in [-0.1, -0.05) is 18.2 Å². The van der Waals surface area contributed by atoms with Gasteiger partial charge in [0.1, 0.15) is 11.6 Å². The van der Waals surface area contributed by atoms with Crippen LogP contribution in [0.15, 0.2) is 54.9 Å². The molecule has 2 aromatic heterocycles. The molecule has 5 rings (SSSR count). The number of hydrogen-bond donors (Lipinski definition) is 2. The highest BCUT2D eigenvalue weighted by Crippen LogP contribution is 2.31. The van der Waals surface area contributed by atoms with Gasteiger partial charge in [0, 0.05) is 35.4 Å². The Morgan fingerprint density at radius 2 is 1.94 bits per heavy atom. The zero-order valence-electron chi connectivity index (χ0n) is 19.7. The number of para-hydroxylation sites is 1. The number of carbonyl (C=O) groups is 1. The molecule has 0 fully saturated rings. The Hall–Kier alpha value is -4.64. The van der Waals surface area contributed by atoms with Gasteiger partial charge < -0.3 is 19.9 Å². The average molecular weight is 465 g/mol. The Kier molecular flexibility index (Phi) is 5.67. The Labute approximate surface area is 203 Å². The lowest BCUT2D eigenvalue weighted by molar-refractivity contribution is 0.102. The molecule has 0 bridgehead atoms. The van der Waals surface area contributed by atoms with Crippen molar-refractivity contribution in [2.75, 3.05) is 17.7 Å². The first-order valence-corrected chi connectivity index (χ1v) is 11.3. The van der Waals surface area contributed by atoms with E-state index in [1.165, 1.54) is 0 Å². The maximum Gasteiger partial charge on any atom is 0.257 e. The number of anilines is 3. The minimum atomic E-state index is -0.130. The van der Waals surface area contributed by atoms with E-state index in [0.29, 0.717) is 28.5 Å². The smallest absolute Gasteiger partial charge is 0.257 e. The van der Waals surface area contributed by atoms with E-state index in [9.17, 15) is 4.79 Å². The van der Waals surface area contributed by atoms with Gasteiger partial charge in [0.15, 0.2) is 0 Å². The summed E-state index contributed by atoms with van der Waals surface area (Å²) in [5.74, 6) is 1.53. The fourth-order valence-electron chi connectivity index (χ4n) is 4.40. The molecule has 0 radical (unpaired) electrons. The van der Waals surface area contributed by atoms with Crippen LogP contribution in [0.25, 0.3) is 5.82 Å². The van der Waals surface area contributed by atoms with E-state index in [4.69, 9.17) is 15.0 Å². The normalized spacial score (nSPS) is 11.7. The zero-order valence-corrected chi connectivity index (χ0v) is 19.7. The average Bonchev–Trinajstić information content (AvgIpc) is 3.31. The third-order valence-electron chi connectivity index (χ3n) is 6.23. The number of benzene rings is 2. The second kappa shape index (κ2) is 8.95. The molecule has 2 aromatic carbocycles. The second-order valence-corrected chi connectivity index (χ2v) is 8.46. The summed E-state index contributed by atoms with van der Waals surface area (Å²) in [5.41, 5.74) is 6.62. The minimum Gasteiger partial charge on any atom is -0.495 e. The van der Waals surface area contributed by atoms with Crippen molar-refractivity contribution in [2.24, 2.45) is 0 Å². The number of nitrogens with zero attached hydrogens (tertiary/aromatic N) is 4. The quantitative estimate of drug-likeness (QED) is 0.437. The molecule has 0 unspecified atom stereocenters. The monoisotopic (exact) mass is 464 g/mol. The van der Waals surface area contributed by atoms with Crippen LogP contribution in [0.2, 0.25) is 0 Å². The summed E-state index contributed by atoms with van der Waals surface area (Å²) in [7, 11) is 1.55. The number of nitrogens with one attached hydrogen (secondary N) is 2. The molecule has 4 aromatic rings. The van der Waals surface area contributed by atoms with Gasteiger partial charge in [-0.15, -0.1) is 0 Å². The van der Waals surface area contributed by atoms with E-state index < -0.39 is 0 Å². The van der Waals surface area contributed by atoms with Gasteiger partial charge in [0.25, 0.3) is 5.91 Å². The summed E-state index contributed by atoms with van der Waals surface area (Å²) in [5, 5.41) is 15.4. The molecule has 3 heterocycles. The van der Waals surface area contributed by atoms with Crippen LogP contribution in [0.4, 0.5) is 17.3 Å². The molecule has 0 spiro atoms. The molecule has 174 valence electrons. The largest absolute Gasteiger partial charge is 0.495 e. The van der Waals surface area contributed by atoms with Crippen LogP contribution in [0, 0.1) is 25.2 Å². The summed E-state index contributed by atoms with van der Waals surface area (Å²) in [4.78, 5) is 22.4. The topological polar surface area (TPSA) is 105 Å². The molecule has 1 amide bonds. The number of amides is 1. The van der Waals surface area contributed by atoms with E-state index >= 15 is 0 Å². The van der Waals surface area contributed by atoms with Gasteiger partial charge >= 0.3 is 0 Å². The molecule has 8 heteroatoms. The number of aromatic nitrogens is 3. The highest BCUT2D eigenvalue weighted by Gasteiger charge is 2.24. The van der Waals surface area contributed by atoms with Gasteiger partial charge in [-0.2, -0.15) is 10.2 Å². The van der Waals surface area contributed by atoms with Crippen LogP contribution in [0.3, 0.4) is 0 Å². The van der Waals surface area contributed by atoms with Gasteiger partial charge in [-0.05, 0) is 56.0 Å². The van der Waals surface area contributed by atoms with E-state index in [-0.39, 0.29) is 5.91 Å². The van der Waals surface area contributed by atoms with E-state index in [2.05, 4.69) is 21.7 Å². The number of nitriles is 1. The van der Waals surface area contributed by atoms with Crippen molar-refractivity contribution < 1.29 is 9.53 Å². The highest BCUT2D eigenvalue weighted by molar-refractivity contribution is 6.06. The van der Waals surface area contributed by atoms with Crippen LogP contribution >= 0.6 is 0 Å². The summed E-state index contributed by atoms with van der Waals surface area (Å²) >= 11 is 0. The molecule has 1 aliphatic heterocycles. The summed E-state index contributed by atoms with van der Waals surface area (Å²) in [6.07, 6.45) is 5.14. The Bertz CT molecular complexity index is 1480. The maximum atomic E-state index is 13.2. The molecule has 1 aliphatic rings. The third kappa shape index (κ3) is 4.08. The van der Waals surface area contributed by atoms with Crippen molar-refractivity contribution in [1.29, 1.82) is 5.26 Å². The zero-order chi connectivity index (χ0) is 24.5. The number of rotatable bonds is 5. The van der Waals surface area contributed by atoms with Crippen LogP contribution in [0.1, 0.15) is 38.3 Å².